The van der Waals surface area contributed by atoms with E-state index in [0.29, 0.717) is 11.7 Å². The SMILES string of the molecule is Cc1cc(C(=O)O)cc(C)c1OCC(=O)NCC1CC1. The summed E-state index contributed by atoms with van der Waals surface area (Å²) >= 11 is 0. The van der Waals surface area contributed by atoms with Gasteiger partial charge in [-0.25, -0.2) is 4.79 Å². The highest BCUT2D eigenvalue weighted by Gasteiger charge is 2.21. The van der Waals surface area contributed by atoms with Gasteiger partial charge in [0.15, 0.2) is 6.61 Å². The number of aromatic carboxylic acids is 1. The van der Waals surface area contributed by atoms with E-state index in [0.717, 1.165) is 17.7 Å². The zero-order valence-corrected chi connectivity index (χ0v) is 11.7. The van der Waals surface area contributed by atoms with Crippen molar-refractivity contribution in [3.05, 3.63) is 28.8 Å². The minimum absolute atomic E-state index is 0.0409. The summed E-state index contributed by atoms with van der Waals surface area (Å²) in [6, 6.07) is 3.10. The van der Waals surface area contributed by atoms with Crippen LogP contribution in [0.1, 0.15) is 34.3 Å². The number of amides is 1. The molecule has 5 heteroatoms. The van der Waals surface area contributed by atoms with Crippen LogP contribution < -0.4 is 10.1 Å². The van der Waals surface area contributed by atoms with Crippen LogP contribution >= 0.6 is 0 Å². The minimum Gasteiger partial charge on any atom is -0.483 e. The van der Waals surface area contributed by atoms with E-state index >= 15 is 0 Å². The van der Waals surface area contributed by atoms with Gasteiger partial charge in [0.25, 0.3) is 5.91 Å². The highest BCUT2D eigenvalue weighted by atomic mass is 16.5. The minimum atomic E-state index is -0.968. The molecule has 0 aromatic heterocycles. The Morgan fingerprint density at radius 1 is 1.30 bits per heavy atom. The molecule has 1 aromatic carbocycles. The third-order valence-electron chi connectivity index (χ3n) is 3.34. The van der Waals surface area contributed by atoms with Gasteiger partial charge >= 0.3 is 5.97 Å². The van der Waals surface area contributed by atoms with Crippen LogP contribution in [-0.2, 0) is 4.79 Å². The first-order valence-electron chi connectivity index (χ1n) is 6.71. The molecule has 20 heavy (non-hydrogen) atoms. The van der Waals surface area contributed by atoms with Gasteiger partial charge in [0.1, 0.15) is 5.75 Å². The zero-order valence-electron chi connectivity index (χ0n) is 11.7. The molecule has 2 rings (SSSR count). The quantitative estimate of drug-likeness (QED) is 0.832. The number of carboxylic acid groups (broad SMARTS) is 1. The van der Waals surface area contributed by atoms with Gasteiger partial charge in [0.2, 0.25) is 0 Å². The van der Waals surface area contributed by atoms with Crippen molar-refractivity contribution in [3.8, 4) is 5.75 Å². The fourth-order valence-corrected chi connectivity index (χ4v) is 2.07. The largest absolute Gasteiger partial charge is 0.483 e. The third kappa shape index (κ3) is 3.73. The third-order valence-corrected chi connectivity index (χ3v) is 3.34. The summed E-state index contributed by atoms with van der Waals surface area (Å²) in [6.45, 7) is 4.23. The number of nitrogens with one attached hydrogen (secondary N) is 1. The van der Waals surface area contributed by atoms with Crippen LogP contribution in [0.3, 0.4) is 0 Å². The second-order valence-corrected chi connectivity index (χ2v) is 5.28. The van der Waals surface area contributed by atoms with Crippen molar-refractivity contribution in [1.29, 1.82) is 0 Å². The maximum Gasteiger partial charge on any atom is 0.335 e. The predicted molar refractivity (Wildman–Crippen MR) is 74.1 cm³/mol. The number of aryl methyl sites for hydroxylation is 2. The molecule has 0 aliphatic heterocycles. The van der Waals surface area contributed by atoms with Gasteiger partial charge in [-0.3, -0.25) is 4.79 Å². The lowest BCUT2D eigenvalue weighted by molar-refractivity contribution is -0.123. The standard InChI is InChI=1S/C15H19NO4/c1-9-5-12(15(18)19)6-10(2)14(9)20-8-13(17)16-7-11-3-4-11/h5-6,11H,3-4,7-8H2,1-2H3,(H,16,17)(H,18,19). The molecule has 1 saturated carbocycles. The number of carbonyl (C=O) groups is 2. The Balaban J connectivity index is 1.94. The van der Waals surface area contributed by atoms with Crippen LogP contribution in [0.15, 0.2) is 12.1 Å². The number of rotatable bonds is 6. The van der Waals surface area contributed by atoms with E-state index in [4.69, 9.17) is 9.84 Å². The molecule has 0 atom stereocenters. The average Bonchev–Trinajstić information content (AvgIpc) is 3.19. The summed E-state index contributed by atoms with van der Waals surface area (Å²) in [4.78, 5) is 22.5. The molecule has 1 amide bonds. The topological polar surface area (TPSA) is 75.6 Å². The van der Waals surface area contributed by atoms with Crippen molar-refractivity contribution >= 4 is 11.9 Å². The lowest BCUT2D eigenvalue weighted by Gasteiger charge is -2.13. The first-order chi connectivity index (χ1) is 9.47. The van der Waals surface area contributed by atoms with E-state index in [9.17, 15) is 9.59 Å². The van der Waals surface area contributed by atoms with Crippen LogP contribution in [0.5, 0.6) is 5.75 Å². The number of carbonyl (C=O) groups excluding carboxylic acids is 1. The average molecular weight is 277 g/mol. The second-order valence-electron chi connectivity index (χ2n) is 5.28. The van der Waals surface area contributed by atoms with Crippen LogP contribution in [-0.4, -0.2) is 30.1 Å². The summed E-state index contributed by atoms with van der Waals surface area (Å²) in [6.07, 6.45) is 2.38. The predicted octanol–water partition coefficient (Wildman–Crippen LogP) is 1.91. The number of benzene rings is 1. The summed E-state index contributed by atoms with van der Waals surface area (Å²) in [5, 5.41) is 11.8. The number of ether oxygens (including phenoxy) is 1. The second kappa shape index (κ2) is 5.94. The molecule has 1 fully saturated rings. The van der Waals surface area contributed by atoms with E-state index in [2.05, 4.69) is 5.32 Å². The lowest BCUT2D eigenvalue weighted by Crippen LogP contribution is -2.30. The summed E-state index contributed by atoms with van der Waals surface area (Å²) in [7, 11) is 0. The Morgan fingerprint density at radius 2 is 1.90 bits per heavy atom. The van der Waals surface area contributed by atoms with Crippen molar-refractivity contribution in [2.24, 2.45) is 5.92 Å². The van der Waals surface area contributed by atoms with E-state index in [1.54, 1.807) is 26.0 Å². The molecule has 1 aromatic rings. The van der Waals surface area contributed by atoms with E-state index in [-0.39, 0.29) is 18.1 Å². The highest BCUT2D eigenvalue weighted by molar-refractivity contribution is 5.88. The first kappa shape index (κ1) is 14.4. The van der Waals surface area contributed by atoms with E-state index < -0.39 is 5.97 Å². The maximum absolute atomic E-state index is 11.6. The summed E-state index contributed by atoms with van der Waals surface area (Å²) < 4.78 is 5.51. The van der Waals surface area contributed by atoms with Gasteiger partial charge in [0, 0.05) is 6.54 Å². The number of hydrogen-bond acceptors (Lipinski definition) is 3. The molecule has 5 nitrogen and oxygen atoms in total. The molecule has 0 unspecified atom stereocenters. The monoisotopic (exact) mass is 277 g/mol. The zero-order chi connectivity index (χ0) is 14.7. The fraction of sp³-hybridized carbons (Fsp3) is 0.467. The van der Waals surface area contributed by atoms with Gasteiger partial charge < -0.3 is 15.2 Å². The van der Waals surface area contributed by atoms with Crippen LogP contribution in [0.2, 0.25) is 0 Å². The first-order valence-corrected chi connectivity index (χ1v) is 6.71. The van der Waals surface area contributed by atoms with Crippen molar-refractivity contribution in [1.82, 2.24) is 5.32 Å². The van der Waals surface area contributed by atoms with Crippen molar-refractivity contribution in [2.75, 3.05) is 13.2 Å². The van der Waals surface area contributed by atoms with Gasteiger partial charge in [0.05, 0.1) is 5.56 Å². The van der Waals surface area contributed by atoms with Crippen molar-refractivity contribution < 1.29 is 19.4 Å². The Hall–Kier alpha value is -2.04. The van der Waals surface area contributed by atoms with Gasteiger partial charge in [-0.05, 0) is 55.9 Å². The lowest BCUT2D eigenvalue weighted by atomic mass is 10.1. The molecule has 1 aliphatic carbocycles. The molecule has 2 N–H and O–H groups in total. The molecule has 0 bridgehead atoms. The Morgan fingerprint density at radius 3 is 2.40 bits per heavy atom. The number of carboxylic acids is 1. The Kier molecular flexibility index (Phi) is 4.27. The van der Waals surface area contributed by atoms with Crippen LogP contribution in [0, 0.1) is 19.8 Å². The molecule has 0 heterocycles. The molecular weight excluding hydrogens is 258 g/mol. The molecule has 0 spiro atoms. The molecular formula is C15H19NO4. The van der Waals surface area contributed by atoms with Gasteiger partial charge in [-0.15, -0.1) is 0 Å². The Bertz CT molecular complexity index is 512. The van der Waals surface area contributed by atoms with Crippen molar-refractivity contribution in [3.63, 3.8) is 0 Å². The van der Waals surface area contributed by atoms with Crippen LogP contribution in [0.25, 0.3) is 0 Å². The molecule has 0 radical (unpaired) electrons. The fourth-order valence-electron chi connectivity index (χ4n) is 2.07. The van der Waals surface area contributed by atoms with Gasteiger partial charge in [-0.1, -0.05) is 0 Å². The summed E-state index contributed by atoms with van der Waals surface area (Å²) in [5.41, 5.74) is 1.67. The highest BCUT2D eigenvalue weighted by Crippen LogP contribution is 2.27. The smallest absolute Gasteiger partial charge is 0.335 e. The van der Waals surface area contributed by atoms with E-state index in [1.165, 1.54) is 12.8 Å². The van der Waals surface area contributed by atoms with Crippen LogP contribution in [0.4, 0.5) is 0 Å². The molecule has 1 aliphatic rings. The molecule has 108 valence electrons. The Labute approximate surface area is 117 Å². The van der Waals surface area contributed by atoms with Crippen molar-refractivity contribution in [2.45, 2.75) is 26.7 Å². The molecule has 0 saturated heterocycles. The van der Waals surface area contributed by atoms with E-state index in [1.807, 2.05) is 0 Å². The van der Waals surface area contributed by atoms with Gasteiger partial charge in [-0.2, -0.15) is 0 Å². The summed E-state index contributed by atoms with van der Waals surface area (Å²) in [5.74, 6) is 0.108. The number of hydrogen-bond donors (Lipinski definition) is 2. The maximum atomic E-state index is 11.6. The normalized spacial score (nSPS) is 13.9.